The first-order chi connectivity index (χ1) is 14.5. The van der Waals surface area contributed by atoms with Crippen molar-refractivity contribution in [1.82, 2.24) is 5.32 Å². The number of ether oxygens (including phenoxy) is 3. The maximum atomic E-state index is 12.4. The van der Waals surface area contributed by atoms with Crippen LogP contribution in [-0.2, 0) is 19.4 Å². The number of alkyl carbamates (subject to hydrolysis) is 1. The molecule has 10 nitrogen and oxygen atoms in total. The van der Waals surface area contributed by atoms with Gasteiger partial charge in [-0.1, -0.05) is 11.8 Å². The molecule has 0 spiro atoms. The fourth-order valence-corrected chi connectivity index (χ4v) is 7.44. The van der Waals surface area contributed by atoms with Crippen LogP contribution in [0.5, 0.6) is 11.5 Å². The molecule has 0 radical (unpaired) electrons. The Labute approximate surface area is 184 Å². The smallest absolute Gasteiger partial charge is 0.408 e. The Morgan fingerprint density at radius 1 is 1.26 bits per heavy atom. The number of benzene rings is 1. The van der Waals surface area contributed by atoms with Crippen molar-refractivity contribution in [2.75, 3.05) is 29.7 Å². The molecule has 2 saturated heterocycles. The lowest BCUT2D eigenvalue weighted by molar-refractivity contribution is -0.117. The van der Waals surface area contributed by atoms with Gasteiger partial charge in [-0.2, -0.15) is 4.99 Å². The van der Waals surface area contributed by atoms with Gasteiger partial charge in [0.25, 0.3) is 5.91 Å². The third-order valence-corrected chi connectivity index (χ3v) is 7.91. The summed E-state index contributed by atoms with van der Waals surface area (Å²) in [6.45, 7) is 4.95. The van der Waals surface area contributed by atoms with E-state index in [1.54, 1.807) is 43.9 Å². The van der Waals surface area contributed by atoms with E-state index in [4.69, 9.17) is 14.2 Å². The minimum Gasteiger partial charge on any atom is -0.454 e. The summed E-state index contributed by atoms with van der Waals surface area (Å²) < 4.78 is 40.2. The van der Waals surface area contributed by atoms with Crippen molar-refractivity contribution in [3.8, 4) is 11.5 Å². The van der Waals surface area contributed by atoms with Gasteiger partial charge in [0, 0.05) is 17.0 Å². The fraction of sp³-hybridized carbons (Fsp3) is 0.526. The summed E-state index contributed by atoms with van der Waals surface area (Å²) in [6, 6.07) is 4.92. The minimum absolute atomic E-state index is 0.0206. The van der Waals surface area contributed by atoms with Crippen molar-refractivity contribution in [3.63, 3.8) is 0 Å². The number of carbonyl (C=O) groups excluding carboxylic acids is 2. The number of aliphatic imine (C=N–C) groups is 1. The Balaban J connectivity index is 1.54. The molecule has 168 valence electrons. The summed E-state index contributed by atoms with van der Waals surface area (Å²) in [5.41, 5.74) is -0.0209. The van der Waals surface area contributed by atoms with E-state index in [0.717, 1.165) is 0 Å². The molecule has 0 unspecified atom stereocenters. The zero-order chi connectivity index (χ0) is 22.4. The van der Waals surface area contributed by atoms with Crippen molar-refractivity contribution in [3.05, 3.63) is 18.2 Å². The highest BCUT2D eigenvalue weighted by Crippen LogP contribution is 2.43. The second-order valence-electron chi connectivity index (χ2n) is 8.35. The quantitative estimate of drug-likeness (QED) is 0.702. The third kappa shape index (κ3) is 4.90. The number of sulfone groups is 1. The van der Waals surface area contributed by atoms with Crippen LogP contribution in [0.25, 0.3) is 0 Å². The molecule has 3 aliphatic rings. The van der Waals surface area contributed by atoms with E-state index >= 15 is 0 Å². The van der Waals surface area contributed by atoms with Crippen molar-refractivity contribution in [2.24, 2.45) is 4.99 Å². The summed E-state index contributed by atoms with van der Waals surface area (Å²) in [5, 5.41) is 2.54. The predicted octanol–water partition coefficient (Wildman–Crippen LogP) is 1.54. The molecule has 0 aromatic heterocycles. The average Bonchev–Trinajstić information content (AvgIpc) is 3.29. The molecule has 31 heavy (non-hydrogen) atoms. The first-order valence-corrected chi connectivity index (χ1v) is 12.4. The number of nitrogens with zero attached hydrogens (tertiary/aromatic N) is 2. The zero-order valence-corrected chi connectivity index (χ0v) is 18.9. The molecule has 1 N–H and O–H groups in total. The van der Waals surface area contributed by atoms with E-state index in [0.29, 0.717) is 22.4 Å². The molecule has 1 aromatic rings. The molecule has 4 rings (SSSR count). The van der Waals surface area contributed by atoms with Gasteiger partial charge in [0.05, 0.1) is 17.5 Å². The van der Waals surface area contributed by atoms with Gasteiger partial charge < -0.3 is 24.4 Å². The van der Waals surface area contributed by atoms with Crippen LogP contribution >= 0.6 is 11.8 Å². The van der Waals surface area contributed by atoms with Crippen LogP contribution in [0.15, 0.2) is 23.2 Å². The zero-order valence-electron chi connectivity index (χ0n) is 17.3. The molecule has 2 amide bonds. The van der Waals surface area contributed by atoms with Crippen LogP contribution in [0.3, 0.4) is 0 Å². The van der Waals surface area contributed by atoms with Gasteiger partial charge in [0.2, 0.25) is 6.79 Å². The summed E-state index contributed by atoms with van der Waals surface area (Å²) >= 11 is 1.25. The molecule has 0 aliphatic carbocycles. The lowest BCUT2D eigenvalue weighted by Crippen LogP contribution is -2.38. The van der Waals surface area contributed by atoms with Crippen LogP contribution in [0.4, 0.5) is 10.5 Å². The SMILES string of the molecule is CC(C)(C)OC(=O)NCC(=O)N=C1S[C@@H]2CS(=O)(=O)C[C@H]2N1c1ccc2c(c1)OCO2. The molecule has 0 bridgehead atoms. The van der Waals surface area contributed by atoms with Gasteiger partial charge in [-0.05, 0) is 32.9 Å². The van der Waals surface area contributed by atoms with Crippen molar-refractivity contribution < 1.29 is 32.2 Å². The topological polar surface area (TPSA) is 124 Å². The molecule has 12 heteroatoms. The molecule has 3 aliphatic heterocycles. The van der Waals surface area contributed by atoms with Crippen LogP contribution in [0.2, 0.25) is 0 Å². The van der Waals surface area contributed by atoms with E-state index in [1.165, 1.54) is 11.8 Å². The number of hydrogen-bond donors (Lipinski definition) is 1. The van der Waals surface area contributed by atoms with E-state index in [2.05, 4.69) is 10.3 Å². The average molecular weight is 470 g/mol. The lowest BCUT2D eigenvalue weighted by atomic mass is 10.2. The van der Waals surface area contributed by atoms with Gasteiger partial charge in [-0.3, -0.25) is 4.79 Å². The Morgan fingerprint density at radius 2 is 2.00 bits per heavy atom. The van der Waals surface area contributed by atoms with Gasteiger partial charge >= 0.3 is 6.09 Å². The first kappa shape index (κ1) is 21.8. The maximum absolute atomic E-state index is 12.4. The van der Waals surface area contributed by atoms with Gasteiger partial charge in [0.15, 0.2) is 26.5 Å². The number of carbonyl (C=O) groups is 2. The number of anilines is 1. The summed E-state index contributed by atoms with van der Waals surface area (Å²) in [5.74, 6) is 0.572. The van der Waals surface area contributed by atoms with Crippen LogP contribution < -0.4 is 19.7 Å². The number of hydrogen-bond acceptors (Lipinski definition) is 8. The number of thioether (sulfide) groups is 1. The van der Waals surface area contributed by atoms with E-state index < -0.39 is 27.4 Å². The Bertz CT molecular complexity index is 1050. The van der Waals surface area contributed by atoms with E-state index in [9.17, 15) is 18.0 Å². The lowest BCUT2D eigenvalue weighted by Gasteiger charge is -2.24. The van der Waals surface area contributed by atoms with Crippen LogP contribution in [-0.4, -0.2) is 67.3 Å². The normalized spacial score (nSPS) is 24.9. The van der Waals surface area contributed by atoms with Crippen molar-refractivity contribution in [2.45, 2.75) is 37.7 Å². The molecule has 1 aromatic carbocycles. The molecule has 0 saturated carbocycles. The summed E-state index contributed by atoms with van der Waals surface area (Å²) in [4.78, 5) is 30.1. The van der Waals surface area contributed by atoms with Crippen molar-refractivity contribution >= 4 is 44.5 Å². The molecule has 2 atom stereocenters. The third-order valence-electron chi connectivity index (χ3n) is 4.70. The number of amidine groups is 1. The Morgan fingerprint density at radius 3 is 2.74 bits per heavy atom. The molecule has 2 fully saturated rings. The molecule has 3 heterocycles. The van der Waals surface area contributed by atoms with E-state index in [1.807, 2.05) is 0 Å². The van der Waals surface area contributed by atoms with Gasteiger partial charge in [-0.15, -0.1) is 0 Å². The highest BCUT2D eigenvalue weighted by atomic mass is 32.2. The highest BCUT2D eigenvalue weighted by Gasteiger charge is 2.49. The highest BCUT2D eigenvalue weighted by molar-refractivity contribution is 8.16. The largest absolute Gasteiger partial charge is 0.454 e. The number of amides is 2. The van der Waals surface area contributed by atoms with Crippen LogP contribution in [0, 0.1) is 0 Å². The minimum atomic E-state index is -3.18. The monoisotopic (exact) mass is 469 g/mol. The standard InChI is InChI=1S/C19H23N3O7S2/c1-19(2,3)29-18(24)20-7-16(23)21-17-22(12-8-31(25,26)9-15(12)30-17)11-4-5-13-14(6-11)28-10-27-13/h4-6,12,15H,7-10H2,1-3H3,(H,20,24)/t12-,15-/m1/s1. The van der Waals surface area contributed by atoms with Gasteiger partial charge in [0.1, 0.15) is 12.1 Å². The second kappa shape index (κ2) is 7.90. The van der Waals surface area contributed by atoms with E-state index in [-0.39, 0.29) is 36.1 Å². The summed E-state index contributed by atoms with van der Waals surface area (Å²) in [6.07, 6.45) is -0.712. The Kier molecular flexibility index (Phi) is 5.54. The first-order valence-electron chi connectivity index (χ1n) is 9.65. The molecular weight excluding hydrogens is 446 g/mol. The summed E-state index contributed by atoms with van der Waals surface area (Å²) in [7, 11) is -3.18. The number of rotatable bonds is 3. The number of fused-ring (bicyclic) bond motifs is 2. The van der Waals surface area contributed by atoms with Crippen LogP contribution in [0.1, 0.15) is 20.8 Å². The Hall–Kier alpha value is -2.47. The predicted molar refractivity (Wildman–Crippen MR) is 116 cm³/mol. The maximum Gasteiger partial charge on any atom is 0.408 e. The van der Waals surface area contributed by atoms with Crippen molar-refractivity contribution in [1.29, 1.82) is 0 Å². The van der Waals surface area contributed by atoms with Gasteiger partial charge in [-0.25, -0.2) is 13.2 Å². The fourth-order valence-electron chi connectivity index (χ4n) is 3.51. The molecular formula is C19H23N3O7S2. The second-order valence-corrected chi connectivity index (χ2v) is 11.7. The number of nitrogens with one attached hydrogen (secondary N) is 1.